The Bertz CT molecular complexity index is 922. The van der Waals surface area contributed by atoms with Crippen LogP contribution in [0.5, 0.6) is 0 Å². The molecule has 2 rings (SSSR count). The summed E-state index contributed by atoms with van der Waals surface area (Å²) in [5, 5.41) is 25.5. The normalized spacial score (nSPS) is 11.5. The SMILES string of the molecule is COC(=O)C[C@H](Nc1cc([N+](=O)[O-])cc2cc([N+](=O)[O-])ccc12)C(=O)OC. The first-order chi connectivity index (χ1) is 12.8. The van der Waals surface area contributed by atoms with Crippen molar-refractivity contribution in [3.05, 3.63) is 50.6 Å². The standard InChI is InChI=1S/C16H15N3O8/c1-26-15(20)8-14(16(21)27-2)17-13-7-11(19(24)25)6-9-5-10(18(22)23)3-4-12(9)13/h3-7,14,17H,8H2,1-2H3/t14-/m0/s1. The lowest BCUT2D eigenvalue weighted by atomic mass is 10.1. The van der Waals surface area contributed by atoms with E-state index in [9.17, 15) is 29.8 Å². The van der Waals surface area contributed by atoms with E-state index in [0.717, 1.165) is 14.2 Å². The topological polar surface area (TPSA) is 151 Å². The predicted molar refractivity (Wildman–Crippen MR) is 93.3 cm³/mol. The summed E-state index contributed by atoms with van der Waals surface area (Å²) >= 11 is 0. The lowest BCUT2D eigenvalue weighted by Crippen LogP contribution is -2.33. The molecular weight excluding hydrogens is 362 g/mol. The van der Waals surface area contributed by atoms with Crippen LogP contribution < -0.4 is 5.32 Å². The van der Waals surface area contributed by atoms with Crippen LogP contribution >= 0.6 is 0 Å². The molecule has 0 heterocycles. The van der Waals surface area contributed by atoms with Crippen molar-refractivity contribution in [2.75, 3.05) is 19.5 Å². The summed E-state index contributed by atoms with van der Waals surface area (Å²) in [6.45, 7) is 0. The second-order valence-corrected chi connectivity index (χ2v) is 5.41. The molecule has 142 valence electrons. The van der Waals surface area contributed by atoms with Crippen molar-refractivity contribution in [2.45, 2.75) is 12.5 Å². The van der Waals surface area contributed by atoms with Gasteiger partial charge in [-0.3, -0.25) is 25.0 Å². The molecule has 0 saturated heterocycles. The predicted octanol–water partition coefficient (Wildman–Crippen LogP) is 2.17. The van der Waals surface area contributed by atoms with Crippen LogP contribution in [0.25, 0.3) is 10.8 Å². The Morgan fingerprint density at radius 1 is 1.04 bits per heavy atom. The minimum Gasteiger partial charge on any atom is -0.469 e. The van der Waals surface area contributed by atoms with E-state index in [-0.39, 0.29) is 28.9 Å². The minimum atomic E-state index is -1.16. The maximum Gasteiger partial charge on any atom is 0.328 e. The van der Waals surface area contributed by atoms with Gasteiger partial charge in [-0.25, -0.2) is 4.79 Å². The first-order valence-corrected chi connectivity index (χ1v) is 7.54. The molecular formula is C16H15N3O8. The maximum atomic E-state index is 12.0. The molecule has 0 aliphatic carbocycles. The van der Waals surface area contributed by atoms with Crippen LogP contribution in [0.2, 0.25) is 0 Å². The number of carbonyl (C=O) groups excluding carboxylic acids is 2. The zero-order valence-electron chi connectivity index (χ0n) is 14.3. The number of hydrogen-bond acceptors (Lipinski definition) is 9. The molecule has 1 N–H and O–H groups in total. The van der Waals surface area contributed by atoms with Crippen molar-refractivity contribution in [2.24, 2.45) is 0 Å². The number of methoxy groups -OCH3 is 2. The number of anilines is 1. The van der Waals surface area contributed by atoms with Crippen LogP contribution in [0.3, 0.4) is 0 Å². The lowest BCUT2D eigenvalue weighted by molar-refractivity contribution is -0.385. The van der Waals surface area contributed by atoms with Gasteiger partial charge in [0, 0.05) is 35.3 Å². The number of rotatable bonds is 7. The van der Waals surface area contributed by atoms with Gasteiger partial charge in [0.2, 0.25) is 0 Å². The van der Waals surface area contributed by atoms with E-state index >= 15 is 0 Å². The van der Waals surface area contributed by atoms with E-state index in [1.54, 1.807) is 0 Å². The van der Waals surface area contributed by atoms with Gasteiger partial charge in [0.1, 0.15) is 6.04 Å². The Hall–Kier alpha value is -3.76. The Balaban J connectivity index is 2.56. The summed E-state index contributed by atoms with van der Waals surface area (Å²) in [4.78, 5) is 44.3. The first-order valence-electron chi connectivity index (χ1n) is 7.54. The zero-order chi connectivity index (χ0) is 20.1. The van der Waals surface area contributed by atoms with Crippen LogP contribution in [0, 0.1) is 20.2 Å². The number of esters is 2. The van der Waals surface area contributed by atoms with Crippen LogP contribution in [0.15, 0.2) is 30.3 Å². The van der Waals surface area contributed by atoms with Gasteiger partial charge in [0.25, 0.3) is 11.4 Å². The van der Waals surface area contributed by atoms with Gasteiger partial charge in [-0.15, -0.1) is 0 Å². The summed E-state index contributed by atoms with van der Waals surface area (Å²) in [6.07, 6.45) is -0.375. The number of non-ortho nitro benzene ring substituents is 2. The number of nitrogens with zero attached hydrogens (tertiary/aromatic N) is 2. The Kier molecular flexibility index (Phi) is 5.85. The molecule has 11 heteroatoms. The van der Waals surface area contributed by atoms with E-state index in [0.29, 0.717) is 5.39 Å². The molecule has 0 saturated carbocycles. The fraction of sp³-hybridized carbons (Fsp3) is 0.250. The van der Waals surface area contributed by atoms with Crippen molar-refractivity contribution in [3.63, 3.8) is 0 Å². The summed E-state index contributed by atoms with van der Waals surface area (Å²) in [7, 11) is 2.28. The Morgan fingerprint density at radius 3 is 2.22 bits per heavy atom. The van der Waals surface area contributed by atoms with E-state index in [2.05, 4.69) is 14.8 Å². The quantitative estimate of drug-likeness (QED) is 0.435. The molecule has 0 unspecified atom stereocenters. The fourth-order valence-corrected chi connectivity index (χ4v) is 2.45. The second-order valence-electron chi connectivity index (χ2n) is 5.41. The van der Waals surface area contributed by atoms with Gasteiger partial charge in [-0.1, -0.05) is 0 Å². The van der Waals surface area contributed by atoms with E-state index in [1.165, 1.54) is 30.3 Å². The van der Waals surface area contributed by atoms with Gasteiger partial charge in [-0.05, 0) is 11.5 Å². The number of ether oxygens (including phenoxy) is 2. The van der Waals surface area contributed by atoms with Crippen LogP contribution in [-0.2, 0) is 19.1 Å². The molecule has 0 aromatic heterocycles. The fourth-order valence-electron chi connectivity index (χ4n) is 2.45. The molecule has 0 spiro atoms. The largest absolute Gasteiger partial charge is 0.469 e. The molecule has 11 nitrogen and oxygen atoms in total. The summed E-state index contributed by atoms with van der Waals surface area (Å²) in [6, 6.07) is 4.99. The van der Waals surface area contributed by atoms with E-state index in [1.807, 2.05) is 0 Å². The van der Waals surface area contributed by atoms with Crippen molar-refractivity contribution in [1.82, 2.24) is 0 Å². The third kappa shape index (κ3) is 4.45. The summed E-state index contributed by atoms with van der Waals surface area (Å²) < 4.78 is 9.17. The third-order valence-electron chi connectivity index (χ3n) is 3.76. The second kappa shape index (κ2) is 8.08. The number of fused-ring (bicyclic) bond motifs is 1. The Labute approximate surface area is 152 Å². The van der Waals surface area contributed by atoms with E-state index in [4.69, 9.17) is 0 Å². The highest BCUT2D eigenvalue weighted by Crippen LogP contribution is 2.32. The monoisotopic (exact) mass is 377 g/mol. The molecule has 0 aliphatic rings. The average molecular weight is 377 g/mol. The highest BCUT2D eigenvalue weighted by atomic mass is 16.6. The number of nitrogens with one attached hydrogen (secondary N) is 1. The Morgan fingerprint density at radius 2 is 1.67 bits per heavy atom. The van der Waals surface area contributed by atoms with Gasteiger partial charge in [0.15, 0.2) is 0 Å². The molecule has 2 aromatic rings. The number of benzene rings is 2. The van der Waals surface area contributed by atoms with Gasteiger partial charge in [0.05, 0.1) is 30.5 Å². The molecule has 1 atom stereocenters. The van der Waals surface area contributed by atoms with Crippen molar-refractivity contribution < 1.29 is 28.9 Å². The molecule has 0 fully saturated rings. The molecule has 0 bridgehead atoms. The molecule has 2 aromatic carbocycles. The van der Waals surface area contributed by atoms with Gasteiger partial charge >= 0.3 is 11.9 Å². The average Bonchev–Trinajstić information content (AvgIpc) is 2.65. The number of nitro benzene ring substituents is 2. The lowest BCUT2D eigenvalue weighted by Gasteiger charge is -2.18. The van der Waals surface area contributed by atoms with Crippen LogP contribution in [0.4, 0.5) is 17.1 Å². The number of carbonyl (C=O) groups is 2. The van der Waals surface area contributed by atoms with Crippen LogP contribution in [-0.4, -0.2) is 42.0 Å². The van der Waals surface area contributed by atoms with Crippen LogP contribution in [0.1, 0.15) is 6.42 Å². The zero-order valence-corrected chi connectivity index (χ0v) is 14.3. The molecule has 27 heavy (non-hydrogen) atoms. The minimum absolute atomic E-state index is 0.147. The summed E-state index contributed by atoms with van der Waals surface area (Å²) in [5.41, 5.74) is -0.436. The van der Waals surface area contributed by atoms with Crippen molar-refractivity contribution >= 4 is 39.8 Å². The maximum absolute atomic E-state index is 12.0. The number of nitro groups is 2. The molecule has 0 radical (unpaired) electrons. The smallest absolute Gasteiger partial charge is 0.328 e. The third-order valence-corrected chi connectivity index (χ3v) is 3.76. The number of hydrogen-bond donors (Lipinski definition) is 1. The van der Waals surface area contributed by atoms with Gasteiger partial charge in [-0.2, -0.15) is 0 Å². The summed E-state index contributed by atoms with van der Waals surface area (Å²) in [5.74, 6) is -1.47. The highest BCUT2D eigenvalue weighted by Gasteiger charge is 2.25. The van der Waals surface area contributed by atoms with E-state index < -0.39 is 27.8 Å². The van der Waals surface area contributed by atoms with Crippen molar-refractivity contribution in [3.8, 4) is 0 Å². The highest BCUT2D eigenvalue weighted by molar-refractivity contribution is 5.98. The van der Waals surface area contributed by atoms with Gasteiger partial charge < -0.3 is 14.8 Å². The molecule has 0 aliphatic heterocycles. The van der Waals surface area contributed by atoms with Crippen molar-refractivity contribution in [1.29, 1.82) is 0 Å². The molecule has 0 amide bonds. The first kappa shape index (κ1) is 19.6.